The first kappa shape index (κ1) is 24.4. The van der Waals surface area contributed by atoms with Crippen LogP contribution in [0.4, 0.5) is 0 Å². The van der Waals surface area contributed by atoms with Crippen LogP contribution in [0.1, 0.15) is 0 Å². The van der Waals surface area contributed by atoms with Crippen molar-refractivity contribution < 1.29 is 28.9 Å². The SMILES string of the molecule is CN(C)C(=O)COc1ccc(Cl)cc1OC[C@H](O)CN1C[C@@H](Oc2ccc(Cl)cc2)CO1. The van der Waals surface area contributed by atoms with E-state index in [0.717, 1.165) is 0 Å². The number of benzene rings is 2. The summed E-state index contributed by atoms with van der Waals surface area (Å²) in [6.45, 7) is 0.960. The fourth-order valence-electron chi connectivity index (χ4n) is 2.88. The van der Waals surface area contributed by atoms with Crippen molar-refractivity contribution in [2.45, 2.75) is 12.2 Å². The maximum absolute atomic E-state index is 11.8. The highest BCUT2D eigenvalue weighted by molar-refractivity contribution is 6.31. The van der Waals surface area contributed by atoms with E-state index in [-0.39, 0.29) is 31.8 Å². The first-order valence-corrected chi connectivity index (χ1v) is 10.8. The maximum atomic E-state index is 11.8. The molecule has 0 aromatic heterocycles. The van der Waals surface area contributed by atoms with Crippen LogP contribution in [-0.2, 0) is 9.63 Å². The van der Waals surface area contributed by atoms with Crippen LogP contribution in [0.2, 0.25) is 10.0 Å². The minimum Gasteiger partial charge on any atom is -0.487 e. The normalized spacial score (nSPS) is 17.1. The average Bonchev–Trinajstić information content (AvgIpc) is 3.19. The number of aliphatic hydroxyl groups excluding tert-OH is 1. The number of halogens is 2. The monoisotopic (exact) mass is 484 g/mol. The number of nitrogens with zero attached hydrogens (tertiary/aromatic N) is 2. The molecule has 8 nitrogen and oxygen atoms in total. The van der Waals surface area contributed by atoms with Crippen LogP contribution >= 0.6 is 23.2 Å². The second-order valence-electron chi connectivity index (χ2n) is 7.47. The number of hydroxylamine groups is 2. The molecular weight excluding hydrogens is 459 g/mol. The summed E-state index contributed by atoms with van der Waals surface area (Å²) < 4.78 is 17.1. The van der Waals surface area contributed by atoms with E-state index in [1.54, 1.807) is 61.6 Å². The molecule has 1 saturated heterocycles. The largest absolute Gasteiger partial charge is 0.487 e. The highest BCUT2D eigenvalue weighted by Gasteiger charge is 2.27. The van der Waals surface area contributed by atoms with Crippen molar-refractivity contribution >= 4 is 29.1 Å². The molecule has 0 spiro atoms. The highest BCUT2D eigenvalue weighted by atomic mass is 35.5. The molecule has 2 atom stereocenters. The lowest BCUT2D eigenvalue weighted by Gasteiger charge is -2.20. The molecule has 0 aliphatic carbocycles. The van der Waals surface area contributed by atoms with Gasteiger partial charge in [0.05, 0.1) is 13.1 Å². The van der Waals surface area contributed by atoms with E-state index in [1.165, 1.54) is 4.90 Å². The molecular formula is C22H26Cl2N2O6. The van der Waals surface area contributed by atoms with Crippen molar-refractivity contribution in [3.8, 4) is 17.2 Å². The van der Waals surface area contributed by atoms with Crippen LogP contribution in [0.25, 0.3) is 0 Å². The minimum absolute atomic E-state index is 0.0130. The zero-order valence-corrected chi connectivity index (χ0v) is 19.4. The molecule has 3 rings (SSSR count). The molecule has 2 aromatic carbocycles. The van der Waals surface area contributed by atoms with Gasteiger partial charge in [-0.05, 0) is 36.4 Å². The predicted octanol–water partition coefficient (Wildman–Crippen LogP) is 2.89. The van der Waals surface area contributed by atoms with Gasteiger partial charge in [0, 0.05) is 30.2 Å². The van der Waals surface area contributed by atoms with Gasteiger partial charge < -0.3 is 24.2 Å². The quantitative estimate of drug-likeness (QED) is 0.555. The highest BCUT2D eigenvalue weighted by Crippen LogP contribution is 2.30. The number of carbonyl (C=O) groups is 1. The fourth-order valence-corrected chi connectivity index (χ4v) is 3.17. The molecule has 0 saturated carbocycles. The summed E-state index contributed by atoms with van der Waals surface area (Å²) in [5.41, 5.74) is 0. The smallest absolute Gasteiger partial charge is 0.259 e. The Kier molecular flexibility index (Phi) is 8.84. The second kappa shape index (κ2) is 11.6. The number of hydrogen-bond donors (Lipinski definition) is 1. The van der Waals surface area contributed by atoms with Gasteiger partial charge in [0.2, 0.25) is 0 Å². The van der Waals surface area contributed by atoms with Crippen LogP contribution in [0, 0.1) is 0 Å². The third-order valence-electron chi connectivity index (χ3n) is 4.57. The molecule has 1 N–H and O–H groups in total. The molecule has 32 heavy (non-hydrogen) atoms. The molecule has 0 unspecified atom stereocenters. The predicted molar refractivity (Wildman–Crippen MR) is 121 cm³/mol. The summed E-state index contributed by atoms with van der Waals surface area (Å²) in [4.78, 5) is 18.8. The maximum Gasteiger partial charge on any atom is 0.259 e. The summed E-state index contributed by atoms with van der Waals surface area (Å²) in [7, 11) is 3.29. The number of hydrogen-bond acceptors (Lipinski definition) is 7. The van der Waals surface area contributed by atoms with E-state index in [9.17, 15) is 9.90 Å². The van der Waals surface area contributed by atoms with Crippen molar-refractivity contribution in [3.05, 3.63) is 52.5 Å². The third-order valence-corrected chi connectivity index (χ3v) is 5.06. The Balaban J connectivity index is 1.46. The number of rotatable bonds is 10. The Morgan fingerprint density at radius 3 is 2.59 bits per heavy atom. The van der Waals surface area contributed by atoms with Crippen LogP contribution in [0.15, 0.2) is 42.5 Å². The molecule has 174 valence electrons. The van der Waals surface area contributed by atoms with Gasteiger partial charge in [0.15, 0.2) is 18.1 Å². The van der Waals surface area contributed by atoms with Crippen molar-refractivity contribution in [2.24, 2.45) is 0 Å². The molecule has 10 heteroatoms. The Labute approximate surface area is 197 Å². The number of aliphatic hydroxyl groups is 1. The molecule has 2 aromatic rings. The Morgan fingerprint density at radius 2 is 1.88 bits per heavy atom. The first-order chi connectivity index (χ1) is 15.3. The van der Waals surface area contributed by atoms with Gasteiger partial charge in [-0.3, -0.25) is 9.63 Å². The molecule has 1 heterocycles. The Morgan fingerprint density at radius 1 is 1.16 bits per heavy atom. The van der Waals surface area contributed by atoms with Gasteiger partial charge >= 0.3 is 0 Å². The summed E-state index contributed by atoms with van der Waals surface area (Å²) in [6, 6.07) is 11.9. The van der Waals surface area contributed by atoms with Gasteiger partial charge in [-0.15, -0.1) is 0 Å². The zero-order valence-electron chi connectivity index (χ0n) is 17.9. The van der Waals surface area contributed by atoms with E-state index < -0.39 is 6.10 Å². The molecule has 1 fully saturated rings. The van der Waals surface area contributed by atoms with Crippen LogP contribution in [0.3, 0.4) is 0 Å². The van der Waals surface area contributed by atoms with E-state index in [4.69, 9.17) is 42.3 Å². The number of amides is 1. The zero-order chi connectivity index (χ0) is 23.1. The van der Waals surface area contributed by atoms with Crippen LogP contribution in [0.5, 0.6) is 17.2 Å². The lowest BCUT2D eigenvalue weighted by atomic mass is 10.3. The van der Waals surface area contributed by atoms with Crippen LogP contribution < -0.4 is 14.2 Å². The molecule has 1 aliphatic rings. The molecule has 1 amide bonds. The summed E-state index contributed by atoms with van der Waals surface area (Å²) >= 11 is 11.9. The van der Waals surface area contributed by atoms with E-state index in [2.05, 4.69) is 0 Å². The van der Waals surface area contributed by atoms with E-state index in [1.807, 2.05) is 0 Å². The van der Waals surface area contributed by atoms with Gasteiger partial charge in [0.25, 0.3) is 5.91 Å². The standard InChI is InChI=1S/C22H26Cl2N2O6/c1-25(2)22(28)14-30-20-8-5-16(24)9-21(20)29-12-17(27)10-26-11-19(13-31-26)32-18-6-3-15(23)4-7-18/h3-9,17,19,27H,10-14H2,1-2H3/t17-,19-/m1/s1. The van der Waals surface area contributed by atoms with E-state index >= 15 is 0 Å². The molecule has 0 radical (unpaired) electrons. The Hall–Kier alpha value is -2.23. The lowest BCUT2D eigenvalue weighted by Crippen LogP contribution is -2.34. The summed E-state index contributed by atoms with van der Waals surface area (Å²) in [5, 5.41) is 13.1. The van der Waals surface area contributed by atoms with Gasteiger partial charge in [0.1, 0.15) is 31.2 Å². The second-order valence-corrected chi connectivity index (χ2v) is 8.34. The van der Waals surface area contributed by atoms with Gasteiger partial charge in [-0.25, -0.2) is 0 Å². The third kappa shape index (κ3) is 7.43. The Bertz CT molecular complexity index is 896. The molecule has 0 bridgehead atoms. The summed E-state index contributed by atoms with van der Waals surface area (Å²) in [5.74, 6) is 1.22. The fraction of sp³-hybridized carbons (Fsp3) is 0.409. The number of ether oxygens (including phenoxy) is 3. The topological polar surface area (TPSA) is 80.7 Å². The van der Waals surface area contributed by atoms with Gasteiger partial charge in [-0.2, -0.15) is 5.06 Å². The van der Waals surface area contributed by atoms with Crippen molar-refractivity contribution in [3.63, 3.8) is 0 Å². The first-order valence-electron chi connectivity index (χ1n) is 10.0. The number of β-amino-alcohol motifs (C(OH)–C–C–N with tert-alkyl or cyclic N) is 1. The van der Waals surface area contributed by atoms with Gasteiger partial charge in [-0.1, -0.05) is 23.2 Å². The minimum atomic E-state index is -0.834. The average molecular weight is 485 g/mol. The van der Waals surface area contributed by atoms with Crippen molar-refractivity contribution in [1.29, 1.82) is 0 Å². The van der Waals surface area contributed by atoms with E-state index in [0.29, 0.717) is 40.4 Å². The lowest BCUT2D eigenvalue weighted by molar-refractivity contribution is -0.132. The number of carbonyl (C=O) groups excluding carboxylic acids is 1. The molecule has 1 aliphatic heterocycles. The van der Waals surface area contributed by atoms with Crippen LogP contribution in [-0.4, -0.2) is 80.2 Å². The van der Waals surface area contributed by atoms with Crippen molar-refractivity contribution in [2.75, 3.05) is 47.0 Å². The number of likely N-dealkylation sites (N-methyl/N-ethyl adjacent to an activating group) is 1. The van der Waals surface area contributed by atoms with Crippen molar-refractivity contribution in [1.82, 2.24) is 9.96 Å². The summed E-state index contributed by atoms with van der Waals surface area (Å²) in [6.07, 6.45) is -0.994.